The largest absolute Gasteiger partial charge is 0.352 e. The summed E-state index contributed by atoms with van der Waals surface area (Å²) >= 11 is 0. The molecule has 1 atom stereocenters. The quantitative estimate of drug-likeness (QED) is 0.782. The predicted octanol–water partition coefficient (Wildman–Crippen LogP) is 0.616. The molecule has 0 aromatic heterocycles. The van der Waals surface area contributed by atoms with Crippen molar-refractivity contribution in [2.24, 2.45) is 0 Å². The highest BCUT2D eigenvalue weighted by molar-refractivity contribution is 7.88. The maximum atomic E-state index is 12.8. The van der Waals surface area contributed by atoms with E-state index in [0.717, 1.165) is 16.1 Å². The van der Waals surface area contributed by atoms with Crippen LogP contribution in [0.25, 0.3) is 0 Å². The van der Waals surface area contributed by atoms with Gasteiger partial charge in [-0.15, -0.1) is 0 Å². The van der Waals surface area contributed by atoms with Crippen LogP contribution in [0.3, 0.4) is 0 Å². The first-order valence-electron chi connectivity index (χ1n) is 8.64. The van der Waals surface area contributed by atoms with E-state index in [4.69, 9.17) is 0 Å². The average molecular weight is 381 g/mol. The third kappa shape index (κ3) is 4.62. The topological polar surface area (TPSA) is 86.8 Å². The summed E-state index contributed by atoms with van der Waals surface area (Å²) in [5.41, 5.74) is -0.199. The molecule has 7 nitrogen and oxygen atoms in total. The molecule has 8 heteroatoms. The minimum Gasteiger partial charge on any atom is -0.352 e. The van der Waals surface area contributed by atoms with E-state index in [-0.39, 0.29) is 30.9 Å². The van der Waals surface area contributed by atoms with Gasteiger partial charge in [-0.2, -0.15) is 4.31 Å². The van der Waals surface area contributed by atoms with Crippen LogP contribution in [0.4, 0.5) is 0 Å². The number of carbonyl (C=O) groups excluding carboxylic acids is 2. The molecule has 144 valence electrons. The molecule has 2 amide bonds. The second-order valence-electron chi connectivity index (χ2n) is 7.21. The van der Waals surface area contributed by atoms with Crippen LogP contribution in [0.15, 0.2) is 30.3 Å². The first kappa shape index (κ1) is 20.4. The Morgan fingerprint density at radius 1 is 1.27 bits per heavy atom. The number of hydrogen-bond acceptors (Lipinski definition) is 4. The molecule has 1 N–H and O–H groups in total. The molecule has 1 aromatic carbocycles. The smallest absolute Gasteiger partial charge is 0.247 e. The van der Waals surface area contributed by atoms with Crippen molar-refractivity contribution in [1.82, 2.24) is 14.5 Å². The molecule has 0 bridgehead atoms. The Balaban J connectivity index is 2.29. The van der Waals surface area contributed by atoms with Gasteiger partial charge in [0.2, 0.25) is 21.8 Å². The lowest BCUT2D eigenvalue weighted by atomic mass is 9.94. The number of benzene rings is 1. The zero-order valence-corrected chi connectivity index (χ0v) is 16.5. The van der Waals surface area contributed by atoms with Crippen LogP contribution < -0.4 is 5.32 Å². The molecular formula is C18H27N3O4S. The number of piperazine rings is 1. The van der Waals surface area contributed by atoms with Gasteiger partial charge in [-0.25, -0.2) is 8.42 Å². The van der Waals surface area contributed by atoms with Crippen molar-refractivity contribution in [1.29, 1.82) is 0 Å². The summed E-state index contributed by atoms with van der Waals surface area (Å²) in [6.45, 7) is 5.35. The van der Waals surface area contributed by atoms with Gasteiger partial charge in [0.15, 0.2) is 0 Å². The Bertz CT molecular complexity index is 764. The van der Waals surface area contributed by atoms with Crippen LogP contribution in [-0.2, 0) is 26.0 Å². The van der Waals surface area contributed by atoms with Gasteiger partial charge in [0, 0.05) is 19.1 Å². The molecular weight excluding hydrogens is 354 g/mol. The summed E-state index contributed by atoms with van der Waals surface area (Å²) in [5.74, 6) is -0.707. The van der Waals surface area contributed by atoms with Gasteiger partial charge in [0.05, 0.1) is 12.8 Å². The van der Waals surface area contributed by atoms with Gasteiger partial charge in [-0.05, 0) is 32.8 Å². The summed E-state index contributed by atoms with van der Waals surface area (Å²) < 4.78 is 25.0. The molecule has 1 heterocycles. The van der Waals surface area contributed by atoms with Gasteiger partial charge in [0.25, 0.3) is 0 Å². The van der Waals surface area contributed by atoms with E-state index in [9.17, 15) is 18.0 Å². The molecule has 0 spiro atoms. The van der Waals surface area contributed by atoms with Crippen molar-refractivity contribution < 1.29 is 18.0 Å². The molecule has 0 aliphatic carbocycles. The molecule has 1 aliphatic rings. The van der Waals surface area contributed by atoms with E-state index in [1.54, 1.807) is 6.92 Å². The first-order chi connectivity index (χ1) is 12.0. The van der Waals surface area contributed by atoms with Gasteiger partial charge < -0.3 is 10.2 Å². The molecule has 26 heavy (non-hydrogen) atoms. The highest BCUT2D eigenvalue weighted by atomic mass is 32.2. The number of carbonyl (C=O) groups is 2. The molecule has 1 unspecified atom stereocenters. The molecule has 1 aromatic rings. The number of rotatable bonds is 6. The maximum Gasteiger partial charge on any atom is 0.247 e. The van der Waals surface area contributed by atoms with E-state index in [2.05, 4.69) is 5.32 Å². The number of hydrogen-bond donors (Lipinski definition) is 1. The van der Waals surface area contributed by atoms with Crippen LogP contribution in [0.1, 0.15) is 26.3 Å². The third-order valence-electron chi connectivity index (χ3n) is 4.54. The second kappa shape index (κ2) is 7.75. The van der Waals surface area contributed by atoms with Crippen LogP contribution in [0, 0.1) is 0 Å². The Kier molecular flexibility index (Phi) is 6.08. The minimum atomic E-state index is -3.58. The lowest BCUT2D eigenvalue weighted by Crippen LogP contribution is -2.70. The van der Waals surface area contributed by atoms with Crippen molar-refractivity contribution >= 4 is 21.8 Å². The van der Waals surface area contributed by atoms with Crippen molar-refractivity contribution in [3.8, 4) is 0 Å². The molecule has 0 saturated carbocycles. The van der Waals surface area contributed by atoms with Gasteiger partial charge in [0.1, 0.15) is 5.54 Å². The lowest BCUT2D eigenvalue weighted by Gasteiger charge is -2.46. The van der Waals surface area contributed by atoms with Crippen molar-refractivity contribution in [3.63, 3.8) is 0 Å². The predicted molar refractivity (Wildman–Crippen MR) is 100.0 cm³/mol. The molecule has 1 saturated heterocycles. The summed E-state index contributed by atoms with van der Waals surface area (Å²) in [6.07, 6.45) is 1.65. The Morgan fingerprint density at radius 2 is 1.88 bits per heavy atom. The number of nitrogens with zero attached hydrogens (tertiary/aromatic N) is 2. The van der Waals surface area contributed by atoms with E-state index in [1.807, 2.05) is 44.2 Å². The zero-order valence-electron chi connectivity index (χ0n) is 15.7. The highest BCUT2D eigenvalue weighted by Crippen LogP contribution is 2.25. The first-order valence-corrected chi connectivity index (χ1v) is 10.5. The van der Waals surface area contributed by atoms with E-state index in [1.165, 1.54) is 4.90 Å². The van der Waals surface area contributed by atoms with Gasteiger partial charge in [-0.1, -0.05) is 30.3 Å². The molecule has 1 fully saturated rings. The fraction of sp³-hybridized carbons (Fsp3) is 0.556. The summed E-state index contributed by atoms with van der Waals surface area (Å²) in [7, 11) is -3.58. The van der Waals surface area contributed by atoms with Gasteiger partial charge in [-0.3, -0.25) is 9.59 Å². The monoisotopic (exact) mass is 381 g/mol. The number of sulfonamides is 1. The lowest BCUT2D eigenvalue weighted by molar-refractivity contribution is -0.152. The van der Waals surface area contributed by atoms with E-state index in [0.29, 0.717) is 13.0 Å². The molecule has 0 radical (unpaired) electrons. The van der Waals surface area contributed by atoms with Crippen molar-refractivity contribution in [2.75, 3.05) is 25.9 Å². The fourth-order valence-electron chi connectivity index (χ4n) is 3.10. The second-order valence-corrected chi connectivity index (χ2v) is 9.20. The summed E-state index contributed by atoms with van der Waals surface area (Å²) in [4.78, 5) is 27.1. The summed E-state index contributed by atoms with van der Waals surface area (Å²) in [6, 6.07) is 9.57. The van der Waals surface area contributed by atoms with Gasteiger partial charge >= 0.3 is 0 Å². The fourth-order valence-corrected chi connectivity index (χ4v) is 3.93. The Hall–Kier alpha value is -1.93. The average Bonchev–Trinajstić information content (AvgIpc) is 2.53. The summed E-state index contributed by atoms with van der Waals surface area (Å²) in [5, 5.41) is 2.82. The molecule has 2 rings (SSSR count). The van der Waals surface area contributed by atoms with E-state index < -0.39 is 15.6 Å². The van der Waals surface area contributed by atoms with E-state index >= 15 is 0 Å². The molecule has 1 aliphatic heterocycles. The normalized spacial score (nSPS) is 21.9. The van der Waals surface area contributed by atoms with Crippen molar-refractivity contribution in [2.45, 2.75) is 38.8 Å². The van der Waals surface area contributed by atoms with Crippen molar-refractivity contribution in [3.05, 3.63) is 35.9 Å². The van der Waals surface area contributed by atoms with Crippen LogP contribution >= 0.6 is 0 Å². The highest BCUT2D eigenvalue weighted by Gasteiger charge is 2.49. The van der Waals surface area contributed by atoms with Crippen LogP contribution in [0.2, 0.25) is 0 Å². The minimum absolute atomic E-state index is 0.0507. The Labute approximate surface area is 155 Å². The van der Waals surface area contributed by atoms with Crippen LogP contribution in [-0.4, -0.2) is 66.9 Å². The standard InChI is InChI=1S/C18H27N3O4S/c1-14(2)19-17(23)18(3)13-20(26(4,24)25)12-16(22)21(18)11-10-15-8-6-5-7-9-15/h5-9,14H,10-13H2,1-4H3,(H,19,23). The van der Waals surface area contributed by atoms with Crippen LogP contribution in [0.5, 0.6) is 0 Å². The zero-order chi connectivity index (χ0) is 19.5. The number of amides is 2. The SMILES string of the molecule is CC(C)NC(=O)C1(C)CN(S(C)(=O)=O)CC(=O)N1CCc1ccccc1. The number of nitrogens with one attached hydrogen (secondary N) is 1. The Morgan fingerprint density at radius 3 is 2.42 bits per heavy atom. The maximum absolute atomic E-state index is 12.8. The third-order valence-corrected chi connectivity index (χ3v) is 5.73.